The van der Waals surface area contributed by atoms with Crippen molar-refractivity contribution in [3.8, 4) is 23.0 Å². The van der Waals surface area contributed by atoms with Crippen molar-refractivity contribution in [2.45, 2.75) is 25.2 Å². The van der Waals surface area contributed by atoms with Crippen LogP contribution in [0.25, 0.3) is 23.0 Å². The van der Waals surface area contributed by atoms with Crippen molar-refractivity contribution in [1.29, 1.82) is 5.26 Å². The fraction of sp³-hybridized carbons (Fsp3) is 0.214. The van der Waals surface area contributed by atoms with Crippen LogP contribution in [-0.4, -0.2) is 59.9 Å². The van der Waals surface area contributed by atoms with Crippen molar-refractivity contribution < 1.29 is 18.0 Å². The molecule has 0 bridgehead atoms. The van der Waals surface area contributed by atoms with Crippen LogP contribution in [0.3, 0.4) is 0 Å². The monoisotopic (exact) mass is 529 g/mol. The summed E-state index contributed by atoms with van der Waals surface area (Å²) in [5, 5.41) is 14.4. The summed E-state index contributed by atoms with van der Waals surface area (Å²) >= 11 is 0. The Hall–Kier alpha value is -4.33. The summed E-state index contributed by atoms with van der Waals surface area (Å²) in [6, 6.07) is 17.7. The molecular weight excluding hydrogens is 502 g/mol. The molecule has 0 spiro atoms. The van der Waals surface area contributed by atoms with Crippen LogP contribution in [0.15, 0.2) is 82.4 Å². The predicted molar refractivity (Wildman–Crippen MR) is 143 cm³/mol. The van der Waals surface area contributed by atoms with Gasteiger partial charge in [0.15, 0.2) is 0 Å². The van der Waals surface area contributed by atoms with E-state index in [0.29, 0.717) is 28.8 Å². The van der Waals surface area contributed by atoms with Crippen molar-refractivity contribution in [2.75, 3.05) is 20.6 Å². The molecule has 0 fully saturated rings. The van der Waals surface area contributed by atoms with E-state index in [1.54, 1.807) is 36.0 Å². The number of nitrogens with zero attached hydrogens (tertiary/aromatic N) is 5. The Kier molecular flexibility index (Phi) is 7.44. The molecule has 0 saturated carbocycles. The molecule has 0 saturated heterocycles. The lowest BCUT2D eigenvalue weighted by molar-refractivity contribution is -0.140. The van der Waals surface area contributed by atoms with E-state index in [1.807, 2.05) is 43.3 Å². The summed E-state index contributed by atoms with van der Waals surface area (Å²) in [5.74, 6) is -1.06. The van der Waals surface area contributed by atoms with Crippen molar-refractivity contribution in [2.24, 2.45) is 0 Å². The standard InChI is InChI=1S/C28H27N5O4S/c1-5-15-32-27(34)24(19(2)25(17-29)28(32)35)16-21-18-33(22-9-7-6-8-10-22)30-26(21)20-11-13-23(14-12-20)38(36,37)31(3)4/h6-14,16,18H,5,15H2,1-4H3/b24-16+. The first-order chi connectivity index (χ1) is 18.1. The molecule has 1 aliphatic rings. The molecule has 194 valence electrons. The highest BCUT2D eigenvalue weighted by Crippen LogP contribution is 2.31. The van der Waals surface area contributed by atoms with Crippen molar-refractivity contribution in [3.05, 3.63) is 83.1 Å². The van der Waals surface area contributed by atoms with Crippen LogP contribution in [0.2, 0.25) is 0 Å². The first kappa shape index (κ1) is 26.7. The van der Waals surface area contributed by atoms with E-state index in [2.05, 4.69) is 0 Å². The van der Waals surface area contributed by atoms with E-state index >= 15 is 0 Å². The van der Waals surface area contributed by atoms with Gasteiger partial charge in [0.05, 0.1) is 16.3 Å². The lowest BCUT2D eigenvalue weighted by Crippen LogP contribution is -2.43. The Morgan fingerprint density at radius 1 is 1.03 bits per heavy atom. The molecule has 0 atom stereocenters. The van der Waals surface area contributed by atoms with Gasteiger partial charge in [0.25, 0.3) is 11.8 Å². The molecule has 1 aliphatic heterocycles. The molecule has 3 aromatic rings. The first-order valence-electron chi connectivity index (χ1n) is 12.0. The molecule has 0 radical (unpaired) electrons. The average molecular weight is 530 g/mol. The van der Waals surface area contributed by atoms with Crippen molar-refractivity contribution in [1.82, 2.24) is 19.0 Å². The van der Waals surface area contributed by atoms with E-state index < -0.39 is 21.8 Å². The van der Waals surface area contributed by atoms with Crippen LogP contribution >= 0.6 is 0 Å². The Balaban J connectivity index is 1.90. The quantitative estimate of drug-likeness (QED) is 0.340. The highest BCUT2D eigenvalue weighted by molar-refractivity contribution is 7.89. The van der Waals surface area contributed by atoms with E-state index in [0.717, 1.165) is 14.9 Å². The summed E-state index contributed by atoms with van der Waals surface area (Å²) in [6.07, 6.45) is 3.95. The zero-order chi connectivity index (χ0) is 27.6. The third kappa shape index (κ3) is 4.81. The molecule has 2 heterocycles. The fourth-order valence-electron chi connectivity index (χ4n) is 4.14. The van der Waals surface area contributed by atoms with E-state index in [1.165, 1.54) is 26.2 Å². The van der Waals surface area contributed by atoms with Crippen LogP contribution in [-0.2, 0) is 19.6 Å². The molecule has 0 unspecified atom stereocenters. The topological polar surface area (TPSA) is 116 Å². The minimum atomic E-state index is -3.61. The second-order valence-electron chi connectivity index (χ2n) is 8.96. The number of rotatable bonds is 7. The van der Waals surface area contributed by atoms with Gasteiger partial charge in [0.1, 0.15) is 11.6 Å². The van der Waals surface area contributed by atoms with Gasteiger partial charge in [0.2, 0.25) is 10.0 Å². The number of carbonyl (C=O) groups is 2. The third-order valence-electron chi connectivity index (χ3n) is 6.24. The molecular formula is C28H27N5O4S. The number of aromatic nitrogens is 2. The zero-order valence-electron chi connectivity index (χ0n) is 21.5. The SMILES string of the molecule is CCCN1C(=O)C(C#N)=C(C)/C(=C\c2cn(-c3ccccc3)nc2-c2ccc(S(=O)(=O)N(C)C)cc2)C1=O. The van der Waals surface area contributed by atoms with Gasteiger partial charge in [-0.2, -0.15) is 10.4 Å². The molecule has 0 aliphatic carbocycles. The van der Waals surface area contributed by atoms with Gasteiger partial charge < -0.3 is 0 Å². The van der Waals surface area contributed by atoms with Gasteiger partial charge in [0, 0.05) is 43.5 Å². The van der Waals surface area contributed by atoms with Gasteiger partial charge in [-0.1, -0.05) is 37.3 Å². The van der Waals surface area contributed by atoms with Crippen LogP contribution in [0.4, 0.5) is 0 Å². The van der Waals surface area contributed by atoms with Crippen molar-refractivity contribution >= 4 is 27.9 Å². The Bertz CT molecular complexity index is 1610. The number of carbonyl (C=O) groups excluding carboxylic acids is 2. The third-order valence-corrected chi connectivity index (χ3v) is 8.07. The number of para-hydroxylation sites is 1. The normalized spacial score (nSPS) is 15.5. The van der Waals surface area contributed by atoms with Crippen LogP contribution in [0.5, 0.6) is 0 Å². The molecule has 10 heteroatoms. The Morgan fingerprint density at radius 2 is 1.68 bits per heavy atom. The Morgan fingerprint density at radius 3 is 2.26 bits per heavy atom. The Labute approximate surface area is 222 Å². The van der Waals surface area contributed by atoms with E-state index in [-0.39, 0.29) is 22.6 Å². The largest absolute Gasteiger partial charge is 0.274 e. The maximum absolute atomic E-state index is 13.3. The minimum absolute atomic E-state index is 0.0699. The summed E-state index contributed by atoms with van der Waals surface area (Å²) in [7, 11) is -0.677. The average Bonchev–Trinajstić information content (AvgIpc) is 3.34. The van der Waals surface area contributed by atoms with Crippen LogP contribution in [0.1, 0.15) is 25.8 Å². The molecule has 4 rings (SSSR count). The number of benzene rings is 2. The van der Waals surface area contributed by atoms with Crippen molar-refractivity contribution in [3.63, 3.8) is 0 Å². The summed E-state index contributed by atoms with van der Waals surface area (Å²) in [6.45, 7) is 3.64. The summed E-state index contributed by atoms with van der Waals surface area (Å²) < 4.78 is 27.9. The van der Waals surface area contributed by atoms with Gasteiger partial charge in [-0.3, -0.25) is 14.5 Å². The van der Waals surface area contributed by atoms with Gasteiger partial charge in [-0.15, -0.1) is 0 Å². The number of sulfonamides is 1. The van der Waals surface area contributed by atoms with Gasteiger partial charge >= 0.3 is 0 Å². The molecule has 0 N–H and O–H groups in total. The lowest BCUT2D eigenvalue weighted by Gasteiger charge is -2.27. The zero-order valence-corrected chi connectivity index (χ0v) is 22.4. The summed E-state index contributed by atoms with van der Waals surface area (Å²) in [5.41, 5.74) is 2.97. The maximum atomic E-state index is 13.3. The number of imide groups is 1. The van der Waals surface area contributed by atoms with Crippen LogP contribution < -0.4 is 0 Å². The number of hydrogen-bond acceptors (Lipinski definition) is 6. The summed E-state index contributed by atoms with van der Waals surface area (Å²) in [4.78, 5) is 27.3. The second kappa shape index (κ2) is 10.6. The maximum Gasteiger partial charge on any atom is 0.271 e. The molecule has 9 nitrogen and oxygen atoms in total. The second-order valence-corrected chi connectivity index (χ2v) is 11.1. The first-order valence-corrected chi connectivity index (χ1v) is 13.4. The highest BCUT2D eigenvalue weighted by atomic mass is 32.2. The molecule has 2 aromatic carbocycles. The number of hydrogen-bond donors (Lipinski definition) is 0. The highest BCUT2D eigenvalue weighted by Gasteiger charge is 2.35. The molecule has 2 amide bonds. The predicted octanol–water partition coefficient (Wildman–Crippen LogP) is 3.79. The minimum Gasteiger partial charge on any atom is -0.274 e. The van der Waals surface area contributed by atoms with Gasteiger partial charge in [-0.05, 0) is 49.3 Å². The number of nitriles is 1. The van der Waals surface area contributed by atoms with Crippen LogP contribution in [0, 0.1) is 11.3 Å². The lowest BCUT2D eigenvalue weighted by atomic mass is 9.93. The van der Waals surface area contributed by atoms with E-state index in [9.17, 15) is 23.3 Å². The van der Waals surface area contributed by atoms with Gasteiger partial charge in [-0.25, -0.2) is 17.4 Å². The molecule has 1 aromatic heterocycles. The smallest absolute Gasteiger partial charge is 0.271 e. The van der Waals surface area contributed by atoms with E-state index in [4.69, 9.17) is 5.10 Å². The fourth-order valence-corrected chi connectivity index (χ4v) is 5.04. The number of amides is 2. The molecule has 38 heavy (non-hydrogen) atoms.